The standard InChI is InChI=1S/C11H10BrFN4O2/c1-14-9-15-10(18-2)17-11(16-9)19-8-4-3-6(13)5-7(8)12/h3-5H,1-2H3,(H,14,15,16,17). The Morgan fingerprint density at radius 3 is 2.58 bits per heavy atom. The minimum atomic E-state index is -0.372. The molecule has 0 saturated heterocycles. The van der Waals surface area contributed by atoms with E-state index in [-0.39, 0.29) is 17.8 Å². The van der Waals surface area contributed by atoms with E-state index in [0.29, 0.717) is 16.2 Å². The number of halogens is 2. The lowest BCUT2D eigenvalue weighted by atomic mass is 10.3. The SMILES string of the molecule is CNc1nc(OC)nc(Oc2ccc(F)cc2Br)n1. The molecule has 0 saturated carbocycles. The van der Waals surface area contributed by atoms with E-state index in [4.69, 9.17) is 9.47 Å². The second kappa shape index (κ2) is 5.79. The largest absolute Gasteiger partial charge is 0.467 e. The van der Waals surface area contributed by atoms with Crippen molar-refractivity contribution in [2.75, 3.05) is 19.5 Å². The summed E-state index contributed by atoms with van der Waals surface area (Å²) in [6.07, 6.45) is 0. The van der Waals surface area contributed by atoms with E-state index < -0.39 is 0 Å². The fourth-order valence-electron chi connectivity index (χ4n) is 1.24. The minimum Gasteiger partial charge on any atom is -0.467 e. The average Bonchev–Trinajstić information content (AvgIpc) is 2.41. The molecule has 0 unspecified atom stereocenters. The van der Waals surface area contributed by atoms with Crippen LogP contribution in [0.1, 0.15) is 0 Å². The first-order chi connectivity index (χ1) is 9.12. The van der Waals surface area contributed by atoms with Crippen LogP contribution < -0.4 is 14.8 Å². The summed E-state index contributed by atoms with van der Waals surface area (Å²) < 4.78 is 23.8. The highest BCUT2D eigenvalue weighted by Crippen LogP contribution is 2.29. The second-order valence-electron chi connectivity index (χ2n) is 3.36. The molecule has 1 N–H and O–H groups in total. The second-order valence-corrected chi connectivity index (χ2v) is 4.21. The molecule has 0 radical (unpaired) electrons. The van der Waals surface area contributed by atoms with Crippen molar-refractivity contribution in [1.82, 2.24) is 15.0 Å². The van der Waals surface area contributed by atoms with Crippen molar-refractivity contribution < 1.29 is 13.9 Å². The van der Waals surface area contributed by atoms with Crippen LogP contribution in [0.4, 0.5) is 10.3 Å². The molecule has 8 heteroatoms. The van der Waals surface area contributed by atoms with Crippen molar-refractivity contribution in [3.8, 4) is 17.8 Å². The van der Waals surface area contributed by atoms with Crippen LogP contribution in [0.2, 0.25) is 0 Å². The van der Waals surface area contributed by atoms with Gasteiger partial charge < -0.3 is 14.8 Å². The number of hydrogen-bond donors (Lipinski definition) is 1. The van der Waals surface area contributed by atoms with E-state index in [1.54, 1.807) is 7.05 Å². The molecule has 0 aliphatic rings. The van der Waals surface area contributed by atoms with Crippen LogP contribution in [0, 0.1) is 5.82 Å². The number of ether oxygens (including phenoxy) is 2. The van der Waals surface area contributed by atoms with Crippen LogP contribution in [0.3, 0.4) is 0 Å². The Hall–Kier alpha value is -1.96. The third-order valence-electron chi connectivity index (χ3n) is 2.10. The molecule has 0 bridgehead atoms. The molecular formula is C11H10BrFN4O2. The molecule has 0 aliphatic carbocycles. The number of benzene rings is 1. The van der Waals surface area contributed by atoms with Crippen LogP contribution in [0.5, 0.6) is 17.8 Å². The van der Waals surface area contributed by atoms with Crippen LogP contribution in [-0.2, 0) is 0 Å². The zero-order valence-electron chi connectivity index (χ0n) is 10.1. The fraction of sp³-hybridized carbons (Fsp3) is 0.182. The first-order valence-corrected chi connectivity index (χ1v) is 6.02. The summed E-state index contributed by atoms with van der Waals surface area (Å²) in [7, 11) is 3.10. The van der Waals surface area contributed by atoms with Gasteiger partial charge in [-0.2, -0.15) is 9.97 Å². The first kappa shape index (κ1) is 13.5. The molecule has 6 nitrogen and oxygen atoms in total. The number of aromatic nitrogens is 3. The van der Waals surface area contributed by atoms with Gasteiger partial charge in [0.1, 0.15) is 11.6 Å². The molecule has 2 aromatic rings. The average molecular weight is 329 g/mol. The minimum absolute atomic E-state index is 0.0449. The maximum atomic E-state index is 13.0. The van der Waals surface area contributed by atoms with E-state index in [1.165, 1.54) is 25.3 Å². The number of nitrogens with one attached hydrogen (secondary N) is 1. The highest BCUT2D eigenvalue weighted by molar-refractivity contribution is 9.10. The van der Waals surface area contributed by atoms with Gasteiger partial charge in [-0.15, -0.1) is 4.98 Å². The zero-order valence-corrected chi connectivity index (χ0v) is 11.7. The molecule has 0 atom stereocenters. The van der Waals surface area contributed by atoms with Crippen molar-refractivity contribution in [3.05, 3.63) is 28.5 Å². The van der Waals surface area contributed by atoms with Gasteiger partial charge in [0, 0.05) is 7.05 Å². The molecule has 1 heterocycles. The number of hydrogen-bond acceptors (Lipinski definition) is 6. The van der Waals surface area contributed by atoms with Crippen LogP contribution in [-0.4, -0.2) is 29.1 Å². The Balaban J connectivity index is 2.31. The van der Waals surface area contributed by atoms with Crippen molar-refractivity contribution in [3.63, 3.8) is 0 Å². The molecule has 0 fully saturated rings. The summed E-state index contributed by atoms with van der Waals surface area (Å²) in [4.78, 5) is 11.9. The lowest BCUT2D eigenvalue weighted by Crippen LogP contribution is -2.03. The molecule has 2 rings (SSSR count). The van der Waals surface area contributed by atoms with E-state index in [2.05, 4.69) is 36.2 Å². The van der Waals surface area contributed by atoms with Crippen molar-refractivity contribution in [2.24, 2.45) is 0 Å². The van der Waals surface area contributed by atoms with Gasteiger partial charge in [0.2, 0.25) is 5.95 Å². The van der Waals surface area contributed by atoms with Crippen molar-refractivity contribution in [1.29, 1.82) is 0 Å². The number of anilines is 1. The Kier molecular flexibility index (Phi) is 4.10. The van der Waals surface area contributed by atoms with Crippen molar-refractivity contribution >= 4 is 21.9 Å². The maximum Gasteiger partial charge on any atom is 0.330 e. The molecule has 0 spiro atoms. The third kappa shape index (κ3) is 3.28. The molecule has 100 valence electrons. The zero-order chi connectivity index (χ0) is 13.8. The van der Waals surface area contributed by atoms with Gasteiger partial charge in [0.05, 0.1) is 11.6 Å². The van der Waals surface area contributed by atoms with Gasteiger partial charge in [-0.1, -0.05) is 0 Å². The monoisotopic (exact) mass is 328 g/mol. The summed E-state index contributed by atoms with van der Waals surface area (Å²) in [6, 6.07) is 4.19. The van der Waals surface area contributed by atoms with Gasteiger partial charge in [-0.25, -0.2) is 4.39 Å². The summed E-state index contributed by atoms with van der Waals surface area (Å²) in [5.74, 6) is 0.320. The molecule has 1 aromatic carbocycles. The Labute approximate surface area is 117 Å². The highest BCUT2D eigenvalue weighted by atomic mass is 79.9. The summed E-state index contributed by atoms with van der Waals surface area (Å²) in [5.41, 5.74) is 0. The normalized spacial score (nSPS) is 10.1. The van der Waals surface area contributed by atoms with Gasteiger partial charge in [0.25, 0.3) is 0 Å². The maximum absolute atomic E-state index is 13.0. The van der Waals surface area contributed by atoms with Gasteiger partial charge >= 0.3 is 12.0 Å². The van der Waals surface area contributed by atoms with Gasteiger partial charge in [-0.3, -0.25) is 0 Å². The molecule has 0 amide bonds. The number of methoxy groups -OCH3 is 1. The van der Waals surface area contributed by atoms with E-state index in [1.807, 2.05) is 0 Å². The van der Waals surface area contributed by atoms with Gasteiger partial charge in [-0.05, 0) is 34.1 Å². The van der Waals surface area contributed by atoms with Crippen molar-refractivity contribution in [2.45, 2.75) is 0 Å². The first-order valence-electron chi connectivity index (χ1n) is 5.23. The number of nitrogens with zero attached hydrogens (tertiary/aromatic N) is 3. The predicted octanol–water partition coefficient (Wildman–Crippen LogP) is 2.62. The quantitative estimate of drug-likeness (QED) is 0.930. The van der Waals surface area contributed by atoms with Crippen LogP contribution in [0.25, 0.3) is 0 Å². The Morgan fingerprint density at radius 1 is 1.21 bits per heavy atom. The summed E-state index contributed by atoms with van der Waals surface area (Å²) in [5, 5.41) is 2.76. The lowest BCUT2D eigenvalue weighted by Gasteiger charge is -2.08. The fourth-order valence-corrected chi connectivity index (χ4v) is 1.67. The molecule has 0 aliphatic heterocycles. The molecule has 19 heavy (non-hydrogen) atoms. The van der Waals surface area contributed by atoms with Crippen LogP contribution in [0.15, 0.2) is 22.7 Å². The number of rotatable bonds is 4. The molecule has 1 aromatic heterocycles. The third-order valence-corrected chi connectivity index (χ3v) is 2.72. The van der Waals surface area contributed by atoms with Gasteiger partial charge in [0.15, 0.2) is 0 Å². The lowest BCUT2D eigenvalue weighted by molar-refractivity contribution is 0.359. The summed E-state index contributed by atoms with van der Waals surface area (Å²) in [6.45, 7) is 0. The predicted molar refractivity (Wildman–Crippen MR) is 70.1 cm³/mol. The Bertz CT molecular complexity index is 575. The topological polar surface area (TPSA) is 69.2 Å². The van der Waals surface area contributed by atoms with E-state index in [9.17, 15) is 4.39 Å². The van der Waals surface area contributed by atoms with Crippen LogP contribution >= 0.6 is 15.9 Å². The highest BCUT2D eigenvalue weighted by Gasteiger charge is 2.10. The molecular weight excluding hydrogens is 319 g/mol. The van der Waals surface area contributed by atoms with E-state index in [0.717, 1.165) is 0 Å². The van der Waals surface area contributed by atoms with E-state index >= 15 is 0 Å². The Morgan fingerprint density at radius 2 is 1.95 bits per heavy atom. The smallest absolute Gasteiger partial charge is 0.330 e. The summed E-state index contributed by atoms with van der Waals surface area (Å²) >= 11 is 3.19.